The van der Waals surface area contributed by atoms with Crippen molar-refractivity contribution in [3.8, 4) is 6.07 Å². The fourth-order valence-electron chi connectivity index (χ4n) is 4.79. The first-order chi connectivity index (χ1) is 19.6. The van der Waals surface area contributed by atoms with Crippen molar-refractivity contribution in [3.63, 3.8) is 0 Å². The Hall–Kier alpha value is -4.53. The molecular formula is C30H32N6O4S. The van der Waals surface area contributed by atoms with E-state index < -0.39 is 28.0 Å². The lowest BCUT2D eigenvalue weighted by Crippen LogP contribution is -2.54. The molecule has 0 saturated carbocycles. The van der Waals surface area contributed by atoms with Crippen LogP contribution in [0.2, 0.25) is 0 Å². The van der Waals surface area contributed by atoms with E-state index in [4.69, 9.17) is 16.4 Å². The second kappa shape index (κ2) is 13.2. The third-order valence-corrected chi connectivity index (χ3v) is 8.27. The number of hydrogen-bond acceptors (Lipinski definition) is 6. The van der Waals surface area contributed by atoms with Crippen molar-refractivity contribution in [2.24, 2.45) is 5.73 Å². The summed E-state index contributed by atoms with van der Waals surface area (Å²) in [6.07, 6.45) is 1.13. The average molecular weight is 573 g/mol. The van der Waals surface area contributed by atoms with E-state index in [0.29, 0.717) is 41.6 Å². The third kappa shape index (κ3) is 8.00. The predicted molar refractivity (Wildman–Crippen MR) is 155 cm³/mol. The number of hydrogen-bond donors (Lipinski definition) is 4. The molecule has 2 atom stereocenters. The van der Waals surface area contributed by atoms with Gasteiger partial charge in [-0.15, -0.1) is 0 Å². The van der Waals surface area contributed by atoms with Crippen LogP contribution in [0, 0.1) is 16.7 Å². The molecule has 41 heavy (non-hydrogen) atoms. The summed E-state index contributed by atoms with van der Waals surface area (Å²) in [6, 6.07) is 22.4. The Morgan fingerprint density at radius 2 is 1.66 bits per heavy atom. The molecule has 0 bridgehead atoms. The molecule has 2 amide bonds. The number of benzene rings is 3. The normalized spacial score (nSPS) is 15.6. The second-order valence-electron chi connectivity index (χ2n) is 9.95. The van der Waals surface area contributed by atoms with Crippen LogP contribution in [-0.2, 0) is 38.3 Å². The standard InChI is InChI=1S/C30H32N6O4S/c31-18-22-10-8-21(9-11-22)17-26(35-41(39,40)20-24-5-2-1-3-6-24)30(38)36-16-4-7-27(36)29(37)34-19-23-12-14-25(15-13-23)28(32)33/h1-3,5-6,8-15,26-27,35H,4,7,16-17,19-20H2,(H3,32,33)(H,34,37)/t26-,27+/m1/s1. The van der Waals surface area contributed by atoms with Crippen LogP contribution in [0.5, 0.6) is 0 Å². The zero-order valence-corrected chi connectivity index (χ0v) is 23.2. The van der Waals surface area contributed by atoms with Crippen LogP contribution in [0.4, 0.5) is 0 Å². The van der Waals surface area contributed by atoms with Gasteiger partial charge in [0.1, 0.15) is 17.9 Å². The number of amides is 2. The van der Waals surface area contributed by atoms with Crippen molar-refractivity contribution in [2.45, 2.75) is 43.6 Å². The molecule has 0 radical (unpaired) electrons. The fourth-order valence-corrected chi connectivity index (χ4v) is 6.13. The van der Waals surface area contributed by atoms with Gasteiger partial charge in [-0.3, -0.25) is 15.0 Å². The summed E-state index contributed by atoms with van der Waals surface area (Å²) in [5, 5.41) is 19.5. The number of carbonyl (C=O) groups excluding carboxylic acids is 2. The molecule has 4 rings (SSSR count). The predicted octanol–water partition coefficient (Wildman–Crippen LogP) is 2.18. The van der Waals surface area contributed by atoms with Gasteiger partial charge in [0.15, 0.2) is 0 Å². The first kappa shape index (κ1) is 29.5. The Morgan fingerprint density at radius 3 is 2.29 bits per heavy atom. The number of amidine groups is 1. The van der Waals surface area contributed by atoms with Crippen LogP contribution in [-0.4, -0.2) is 49.6 Å². The minimum absolute atomic E-state index is 0.0457. The van der Waals surface area contributed by atoms with Crippen LogP contribution in [0.1, 0.15) is 40.7 Å². The summed E-state index contributed by atoms with van der Waals surface area (Å²) in [4.78, 5) is 28.4. The SMILES string of the molecule is N#Cc1ccc(C[C@@H](NS(=O)(=O)Cc2ccccc2)C(=O)N2CCC[C@H]2C(=O)NCc2ccc(C(=N)N)cc2)cc1. The molecule has 1 aliphatic heterocycles. The summed E-state index contributed by atoms with van der Waals surface area (Å²) in [5.74, 6) is -1.14. The van der Waals surface area contributed by atoms with Crippen LogP contribution < -0.4 is 15.8 Å². The van der Waals surface area contributed by atoms with Gasteiger partial charge in [0, 0.05) is 18.7 Å². The zero-order chi connectivity index (χ0) is 29.4. The molecule has 0 aromatic heterocycles. The number of nitrogens with zero attached hydrogens (tertiary/aromatic N) is 2. The van der Waals surface area contributed by atoms with Gasteiger partial charge >= 0.3 is 0 Å². The van der Waals surface area contributed by atoms with Crippen LogP contribution in [0.3, 0.4) is 0 Å². The molecule has 11 heteroatoms. The molecule has 0 spiro atoms. The van der Waals surface area contributed by atoms with Gasteiger partial charge in [0.05, 0.1) is 17.4 Å². The van der Waals surface area contributed by atoms with Gasteiger partial charge in [-0.05, 0) is 48.1 Å². The Balaban J connectivity index is 1.49. The van der Waals surface area contributed by atoms with Crippen LogP contribution in [0.15, 0.2) is 78.9 Å². The molecule has 212 valence electrons. The number of carbonyl (C=O) groups is 2. The maximum Gasteiger partial charge on any atom is 0.243 e. The Bertz CT molecular complexity index is 1530. The van der Waals surface area contributed by atoms with Crippen LogP contribution in [0.25, 0.3) is 0 Å². The minimum atomic E-state index is -3.91. The van der Waals surface area contributed by atoms with Gasteiger partial charge in [-0.1, -0.05) is 66.7 Å². The summed E-state index contributed by atoms with van der Waals surface area (Å²) < 4.78 is 28.9. The Kier molecular flexibility index (Phi) is 9.49. The molecule has 1 saturated heterocycles. The Labute approximate surface area is 239 Å². The lowest BCUT2D eigenvalue weighted by molar-refractivity contribution is -0.139. The number of sulfonamides is 1. The lowest BCUT2D eigenvalue weighted by Gasteiger charge is -2.29. The topological polar surface area (TPSA) is 169 Å². The van der Waals surface area contributed by atoms with E-state index >= 15 is 0 Å². The minimum Gasteiger partial charge on any atom is -0.384 e. The highest BCUT2D eigenvalue weighted by Crippen LogP contribution is 2.21. The highest BCUT2D eigenvalue weighted by atomic mass is 32.2. The lowest BCUT2D eigenvalue weighted by atomic mass is 10.0. The number of nitrogens with two attached hydrogens (primary N) is 1. The maximum absolute atomic E-state index is 13.8. The smallest absolute Gasteiger partial charge is 0.243 e. The van der Waals surface area contributed by atoms with E-state index in [0.717, 1.165) is 5.56 Å². The van der Waals surface area contributed by atoms with E-state index in [2.05, 4.69) is 10.0 Å². The summed E-state index contributed by atoms with van der Waals surface area (Å²) >= 11 is 0. The van der Waals surface area contributed by atoms with E-state index in [1.54, 1.807) is 78.9 Å². The molecule has 1 aliphatic rings. The number of rotatable bonds is 11. The molecular weight excluding hydrogens is 540 g/mol. The quantitative estimate of drug-likeness (QED) is 0.203. The first-order valence-corrected chi connectivity index (χ1v) is 14.8. The summed E-state index contributed by atoms with van der Waals surface area (Å²) in [7, 11) is -3.91. The summed E-state index contributed by atoms with van der Waals surface area (Å²) in [5.41, 5.74) is 8.60. The van der Waals surface area contributed by atoms with Crippen molar-refractivity contribution in [3.05, 3.63) is 107 Å². The maximum atomic E-state index is 13.8. The Morgan fingerprint density at radius 1 is 1.00 bits per heavy atom. The largest absolute Gasteiger partial charge is 0.384 e. The van der Waals surface area contributed by atoms with Crippen molar-refractivity contribution < 1.29 is 18.0 Å². The molecule has 10 nitrogen and oxygen atoms in total. The van der Waals surface area contributed by atoms with Gasteiger partial charge < -0.3 is 16.0 Å². The number of nitrogens with one attached hydrogen (secondary N) is 3. The molecule has 0 unspecified atom stereocenters. The molecule has 0 aliphatic carbocycles. The van der Waals surface area contributed by atoms with Crippen molar-refractivity contribution in [2.75, 3.05) is 6.54 Å². The van der Waals surface area contributed by atoms with E-state index in [-0.39, 0.29) is 30.5 Å². The average Bonchev–Trinajstić information content (AvgIpc) is 3.46. The second-order valence-corrected chi connectivity index (χ2v) is 11.7. The van der Waals surface area contributed by atoms with Crippen molar-refractivity contribution in [1.29, 1.82) is 10.7 Å². The van der Waals surface area contributed by atoms with Crippen LogP contribution >= 0.6 is 0 Å². The number of nitrogen functional groups attached to an aromatic ring is 1. The van der Waals surface area contributed by atoms with Gasteiger partial charge in [-0.25, -0.2) is 13.1 Å². The fraction of sp³-hybridized carbons (Fsp3) is 0.267. The van der Waals surface area contributed by atoms with Crippen molar-refractivity contribution in [1.82, 2.24) is 14.9 Å². The van der Waals surface area contributed by atoms with Gasteiger partial charge in [0.2, 0.25) is 21.8 Å². The number of nitriles is 1. The monoisotopic (exact) mass is 572 g/mol. The highest BCUT2D eigenvalue weighted by Gasteiger charge is 2.38. The number of likely N-dealkylation sites (tertiary alicyclic amines) is 1. The molecule has 1 fully saturated rings. The molecule has 3 aromatic rings. The van der Waals surface area contributed by atoms with Gasteiger partial charge in [-0.2, -0.15) is 5.26 Å². The molecule has 3 aromatic carbocycles. The van der Waals surface area contributed by atoms with Gasteiger partial charge in [0.25, 0.3) is 0 Å². The third-order valence-electron chi connectivity index (χ3n) is 6.91. The molecule has 5 N–H and O–H groups in total. The zero-order valence-electron chi connectivity index (χ0n) is 22.4. The summed E-state index contributed by atoms with van der Waals surface area (Å²) in [6.45, 7) is 0.558. The van der Waals surface area contributed by atoms with E-state index in [1.807, 2.05) is 6.07 Å². The molecule has 1 heterocycles. The van der Waals surface area contributed by atoms with E-state index in [1.165, 1.54) is 4.90 Å². The van der Waals surface area contributed by atoms with Crippen molar-refractivity contribution >= 4 is 27.7 Å². The first-order valence-electron chi connectivity index (χ1n) is 13.2. The van der Waals surface area contributed by atoms with E-state index in [9.17, 15) is 18.0 Å². The highest BCUT2D eigenvalue weighted by molar-refractivity contribution is 7.88.